The fraction of sp³-hybridized carbons (Fsp3) is 0.455. The van der Waals surface area contributed by atoms with E-state index in [0.717, 1.165) is 25.3 Å². The van der Waals surface area contributed by atoms with Crippen LogP contribution in [-0.2, 0) is 0 Å². The molecule has 0 aromatic heterocycles. The average molecular weight is 222 g/mol. The standard InChI is InChI=1S/C11H15N3O2/c1-9-8-13(7-6-12-9)10-2-4-11(5-3-10)14(15)16/h2-5,9,12H,6-8H2,1H3/p+1. The number of hydrogen-bond donors (Lipinski definition) is 1. The van der Waals surface area contributed by atoms with Crippen LogP contribution in [0.15, 0.2) is 24.3 Å². The molecular formula is C11H16N3O2+. The maximum atomic E-state index is 10.5. The number of nitrogens with two attached hydrogens (primary N) is 1. The minimum Gasteiger partial charge on any atom is -0.360 e. The molecule has 86 valence electrons. The van der Waals surface area contributed by atoms with Gasteiger partial charge in [-0.2, -0.15) is 0 Å². The topological polar surface area (TPSA) is 63.0 Å². The normalized spacial score (nSPS) is 20.8. The quantitative estimate of drug-likeness (QED) is 0.580. The number of benzene rings is 1. The van der Waals surface area contributed by atoms with Crippen LogP contribution in [0.1, 0.15) is 6.92 Å². The molecule has 0 spiro atoms. The van der Waals surface area contributed by atoms with Crippen LogP contribution in [0.2, 0.25) is 0 Å². The van der Waals surface area contributed by atoms with Gasteiger partial charge < -0.3 is 10.2 Å². The van der Waals surface area contributed by atoms with Gasteiger partial charge in [0.05, 0.1) is 24.6 Å². The molecule has 2 rings (SSSR count). The monoisotopic (exact) mass is 222 g/mol. The van der Waals surface area contributed by atoms with Crippen molar-refractivity contribution in [3.8, 4) is 0 Å². The second kappa shape index (κ2) is 4.49. The highest BCUT2D eigenvalue weighted by atomic mass is 16.6. The summed E-state index contributed by atoms with van der Waals surface area (Å²) in [6, 6.07) is 7.38. The van der Waals surface area contributed by atoms with Crippen molar-refractivity contribution in [1.82, 2.24) is 0 Å². The molecule has 0 saturated carbocycles. The molecule has 1 fully saturated rings. The van der Waals surface area contributed by atoms with E-state index in [4.69, 9.17) is 0 Å². The third kappa shape index (κ3) is 2.30. The Bertz CT molecular complexity index is 377. The van der Waals surface area contributed by atoms with E-state index in [9.17, 15) is 10.1 Å². The van der Waals surface area contributed by atoms with Gasteiger partial charge in [0.1, 0.15) is 6.04 Å². The molecule has 1 heterocycles. The van der Waals surface area contributed by atoms with Gasteiger partial charge in [-0.3, -0.25) is 10.1 Å². The molecule has 1 aliphatic rings. The molecule has 5 nitrogen and oxygen atoms in total. The van der Waals surface area contributed by atoms with Crippen LogP contribution < -0.4 is 10.2 Å². The zero-order chi connectivity index (χ0) is 11.5. The fourth-order valence-electron chi connectivity index (χ4n) is 2.05. The minimum atomic E-state index is -0.365. The highest BCUT2D eigenvalue weighted by Crippen LogP contribution is 2.19. The van der Waals surface area contributed by atoms with Crippen LogP contribution in [0.5, 0.6) is 0 Å². The smallest absolute Gasteiger partial charge is 0.269 e. The van der Waals surface area contributed by atoms with Crippen molar-refractivity contribution in [2.24, 2.45) is 0 Å². The number of non-ortho nitro benzene ring substituents is 1. The molecule has 1 atom stereocenters. The van der Waals surface area contributed by atoms with Crippen molar-refractivity contribution in [2.75, 3.05) is 24.5 Å². The first kappa shape index (κ1) is 10.9. The summed E-state index contributed by atoms with van der Waals surface area (Å²) >= 11 is 0. The van der Waals surface area contributed by atoms with Gasteiger partial charge in [0.2, 0.25) is 0 Å². The van der Waals surface area contributed by atoms with E-state index in [1.807, 2.05) is 12.1 Å². The van der Waals surface area contributed by atoms with Gasteiger partial charge in [-0.05, 0) is 19.1 Å². The molecule has 5 heteroatoms. The Morgan fingerprint density at radius 1 is 1.44 bits per heavy atom. The van der Waals surface area contributed by atoms with E-state index in [-0.39, 0.29) is 10.6 Å². The lowest BCUT2D eigenvalue weighted by molar-refractivity contribution is -0.687. The second-order valence-corrected chi connectivity index (χ2v) is 4.22. The largest absolute Gasteiger partial charge is 0.360 e. The van der Waals surface area contributed by atoms with Crippen LogP contribution in [-0.4, -0.2) is 30.6 Å². The summed E-state index contributed by atoms with van der Waals surface area (Å²) in [4.78, 5) is 12.4. The molecule has 2 N–H and O–H groups in total. The Morgan fingerprint density at radius 3 is 2.69 bits per heavy atom. The second-order valence-electron chi connectivity index (χ2n) is 4.22. The number of anilines is 1. The maximum Gasteiger partial charge on any atom is 0.269 e. The average Bonchev–Trinajstić information content (AvgIpc) is 2.29. The SMILES string of the molecule is CC1CN(c2ccc([N+](=O)[O-])cc2)CC[NH2+]1. The number of piperazine rings is 1. The molecule has 1 unspecified atom stereocenters. The third-order valence-electron chi connectivity index (χ3n) is 2.90. The Labute approximate surface area is 94.2 Å². The van der Waals surface area contributed by atoms with Gasteiger partial charge in [0.15, 0.2) is 0 Å². The van der Waals surface area contributed by atoms with Crippen molar-refractivity contribution >= 4 is 11.4 Å². The molecule has 1 saturated heterocycles. The molecule has 0 bridgehead atoms. The number of hydrogen-bond acceptors (Lipinski definition) is 3. The zero-order valence-corrected chi connectivity index (χ0v) is 9.30. The van der Waals surface area contributed by atoms with Gasteiger partial charge in [-0.15, -0.1) is 0 Å². The molecule has 1 aliphatic heterocycles. The highest BCUT2D eigenvalue weighted by Gasteiger charge is 2.19. The first-order valence-corrected chi connectivity index (χ1v) is 5.49. The summed E-state index contributed by atoms with van der Waals surface area (Å²) in [5.41, 5.74) is 1.23. The van der Waals surface area contributed by atoms with Crippen molar-refractivity contribution in [2.45, 2.75) is 13.0 Å². The number of nitrogens with zero attached hydrogens (tertiary/aromatic N) is 2. The number of quaternary nitrogens is 1. The van der Waals surface area contributed by atoms with Crippen molar-refractivity contribution in [1.29, 1.82) is 0 Å². The van der Waals surface area contributed by atoms with Crippen molar-refractivity contribution < 1.29 is 10.2 Å². The lowest BCUT2D eigenvalue weighted by atomic mass is 10.2. The predicted octanol–water partition coefficient (Wildman–Crippen LogP) is 0.367. The molecule has 0 aliphatic carbocycles. The molecule has 16 heavy (non-hydrogen) atoms. The zero-order valence-electron chi connectivity index (χ0n) is 9.30. The Balaban J connectivity index is 2.11. The maximum absolute atomic E-state index is 10.5. The molecule has 1 aromatic carbocycles. The van der Waals surface area contributed by atoms with Crippen LogP contribution >= 0.6 is 0 Å². The van der Waals surface area contributed by atoms with E-state index in [1.165, 1.54) is 0 Å². The Hall–Kier alpha value is -1.62. The highest BCUT2D eigenvalue weighted by molar-refractivity contribution is 5.51. The van der Waals surface area contributed by atoms with Gasteiger partial charge in [0.25, 0.3) is 5.69 Å². The summed E-state index contributed by atoms with van der Waals surface area (Å²) in [6.07, 6.45) is 0. The van der Waals surface area contributed by atoms with E-state index in [2.05, 4.69) is 17.1 Å². The lowest BCUT2D eigenvalue weighted by Gasteiger charge is -2.31. The van der Waals surface area contributed by atoms with Gasteiger partial charge >= 0.3 is 0 Å². The summed E-state index contributed by atoms with van der Waals surface area (Å²) in [7, 11) is 0. The van der Waals surface area contributed by atoms with Gasteiger partial charge in [-0.1, -0.05) is 0 Å². The number of rotatable bonds is 2. The summed E-state index contributed by atoms with van der Waals surface area (Å²) in [5.74, 6) is 0. The van der Waals surface area contributed by atoms with Crippen molar-refractivity contribution in [3.05, 3.63) is 34.4 Å². The predicted molar refractivity (Wildman–Crippen MR) is 61.6 cm³/mol. The van der Waals surface area contributed by atoms with Crippen LogP contribution in [0.4, 0.5) is 11.4 Å². The van der Waals surface area contributed by atoms with E-state index < -0.39 is 0 Å². The lowest BCUT2D eigenvalue weighted by Crippen LogP contribution is -2.94. The first-order valence-electron chi connectivity index (χ1n) is 5.49. The van der Waals surface area contributed by atoms with Crippen LogP contribution in [0.3, 0.4) is 0 Å². The van der Waals surface area contributed by atoms with E-state index >= 15 is 0 Å². The summed E-state index contributed by atoms with van der Waals surface area (Å²) in [6.45, 7) is 5.27. The van der Waals surface area contributed by atoms with Crippen LogP contribution in [0.25, 0.3) is 0 Å². The van der Waals surface area contributed by atoms with E-state index in [0.29, 0.717) is 6.04 Å². The molecule has 0 amide bonds. The molecule has 1 aromatic rings. The first-order chi connectivity index (χ1) is 7.66. The van der Waals surface area contributed by atoms with Gasteiger partial charge in [0, 0.05) is 17.8 Å². The summed E-state index contributed by atoms with van der Waals surface area (Å²) < 4.78 is 0. The van der Waals surface area contributed by atoms with Crippen LogP contribution in [0, 0.1) is 10.1 Å². The molecule has 0 radical (unpaired) electrons. The molecular weight excluding hydrogens is 206 g/mol. The Kier molecular flexibility index (Phi) is 3.05. The fourth-order valence-corrected chi connectivity index (χ4v) is 2.05. The number of nitro benzene ring substituents is 1. The number of nitro groups is 1. The third-order valence-corrected chi connectivity index (χ3v) is 2.90. The minimum absolute atomic E-state index is 0.153. The Morgan fingerprint density at radius 2 is 2.12 bits per heavy atom. The summed E-state index contributed by atoms with van der Waals surface area (Å²) in [5, 5.41) is 12.8. The van der Waals surface area contributed by atoms with Gasteiger partial charge in [-0.25, -0.2) is 0 Å². The van der Waals surface area contributed by atoms with Crippen molar-refractivity contribution in [3.63, 3.8) is 0 Å². The van der Waals surface area contributed by atoms with E-state index in [1.54, 1.807) is 12.1 Å².